The van der Waals surface area contributed by atoms with E-state index in [1.807, 2.05) is 20.8 Å². The van der Waals surface area contributed by atoms with Crippen molar-refractivity contribution >= 4 is 11.9 Å². The molecule has 0 atom stereocenters. The van der Waals surface area contributed by atoms with Crippen molar-refractivity contribution < 1.29 is 24.5 Å². The Morgan fingerprint density at radius 1 is 1.05 bits per heavy atom. The van der Waals surface area contributed by atoms with E-state index in [9.17, 15) is 4.79 Å². The molecule has 0 rings (SSSR count). The fraction of sp³-hybridized carbons (Fsp3) is 0.786. The van der Waals surface area contributed by atoms with E-state index >= 15 is 0 Å². The Hall–Kier alpha value is -1.03. The average Bonchev–Trinajstić information content (AvgIpc) is 2.42. The molecule has 0 bridgehead atoms. The minimum atomic E-state index is 0.250. The highest BCUT2D eigenvalue weighted by atomic mass is 17.1. The van der Waals surface area contributed by atoms with Gasteiger partial charge in [-0.2, -0.15) is 9.59 Å². The van der Waals surface area contributed by atoms with Gasteiger partial charge in [-0.3, -0.25) is 4.79 Å². The van der Waals surface area contributed by atoms with Gasteiger partial charge in [-0.25, -0.2) is 0 Å². The summed E-state index contributed by atoms with van der Waals surface area (Å²) in [5.74, 6) is 0.377. The molecule has 0 radical (unpaired) electrons. The second kappa shape index (κ2) is 36.0. The van der Waals surface area contributed by atoms with Gasteiger partial charge in [0, 0.05) is 12.8 Å². The third kappa shape index (κ3) is 78.3. The first-order valence-electron chi connectivity index (χ1n) is 6.70. The number of ketones is 1. The Morgan fingerprint density at radius 3 is 1.53 bits per heavy atom. The maximum absolute atomic E-state index is 10.4. The smallest absolute Gasteiger partial charge is 0.373 e. The van der Waals surface area contributed by atoms with Crippen LogP contribution in [0, 0.1) is 6.61 Å². The van der Waals surface area contributed by atoms with Crippen LogP contribution in [0.15, 0.2) is 0 Å². The lowest BCUT2D eigenvalue weighted by Gasteiger charge is -2.04. The molecule has 0 heterocycles. The topological polar surface area (TPSA) is 87.1 Å². The van der Waals surface area contributed by atoms with Crippen LogP contribution in [0.1, 0.15) is 73.1 Å². The van der Waals surface area contributed by atoms with Gasteiger partial charge in [-0.15, -0.1) is 6.42 Å². The SMILES string of the molecule is CCCC.CCCC(=O)CC.CC[CH-][OH+][O-].O=C=O. The highest BCUT2D eigenvalue weighted by Crippen LogP contribution is 1.90. The van der Waals surface area contributed by atoms with Gasteiger partial charge < -0.3 is 10.1 Å². The van der Waals surface area contributed by atoms with Crippen LogP contribution in [-0.2, 0) is 14.4 Å². The zero-order valence-electron chi connectivity index (χ0n) is 12.9. The number of unbranched alkanes of at least 4 members (excludes halogenated alkanes) is 1. The van der Waals surface area contributed by atoms with Gasteiger partial charge in [0.15, 0.2) is 0 Å². The van der Waals surface area contributed by atoms with Crippen LogP contribution in [0.3, 0.4) is 0 Å². The lowest BCUT2D eigenvalue weighted by Crippen LogP contribution is -2.06. The first-order valence-corrected chi connectivity index (χ1v) is 6.70. The van der Waals surface area contributed by atoms with Crippen LogP contribution in [0.5, 0.6) is 0 Å². The fourth-order valence-electron chi connectivity index (χ4n) is 0.530. The lowest BCUT2D eigenvalue weighted by atomic mass is 10.2. The molecular formula is C14H29O5-. The first-order chi connectivity index (χ1) is 9.05. The molecule has 0 fully saturated rings. The van der Waals surface area contributed by atoms with E-state index in [1.165, 1.54) is 19.4 Å². The number of rotatable bonds is 6. The molecule has 0 spiro atoms. The van der Waals surface area contributed by atoms with E-state index in [0.29, 0.717) is 12.2 Å². The summed E-state index contributed by atoms with van der Waals surface area (Å²) in [6.45, 7) is 11.5. The number of aliphatic hydroxyl groups is 1. The quantitative estimate of drug-likeness (QED) is 0.323. The largest absolute Gasteiger partial charge is 0.588 e. The summed E-state index contributed by atoms with van der Waals surface area (Å²) in [5.41, 5.74) is 0. The van der Waals surface area contributed by atoms with Crippen molar-refractivity contribution in [3.05, 3.63) is 6.61 Å². The van der Waals surface area contributed by atoms with Crippen molar-refractivity contribution in [3.63, 3.8) is 0 Å². The van der Waals surface area contributed by atoms with Crippen molar-refractivity contribution in [3.8, 4) is 0 Å². The standard InChI is InChI=1S/C6H12O.C4H10.C3H7O2.CO2/c1-3-5-6(7)4-2;1-3-4-2;1-2-3-5-4;2-1-3/h3-5H2,1-2H3;3-4H2,1-2H3;3,5H,2H2,1H3;/q;;-1;. The van der Waals surface area contributed by atoms with Crippen LogP contribution in [0.4, 0.5) is 0 Å². The molecule has 0 aromatic rings. The molecule has 0 amide bonds. The number of carbonyl (C=O) groups is 1. The van der Waals surface area contributed by atoms with E-state index in [1.54, 1.807) is 0 Å². The molecule has 0 aliphatic rings. The molecule has 0 aliphatic heterocycles. The van der Waals surface area contributed by atoms with Gasteiger partial charge in [0.1, 0.15) is 5.78 Å². The molecule has 0 aromatic heterocycles. The van der Waals surface area contributed by atoms with Crippen LogP contribution in [0.25, 0.3) is 0 Å². The van der Waals surface area contributed by atoms with Gasteiger partial charge in [0.25, 0.3) is 0 Å². The Labute approximate surface area is 117 Å². The average molecular weight is 277 g/mol. The normalized spacial score (nSPS) is 7.47. The van der Waals surface area contributed by atoms with E-state index < -0.39 is 0 Å². The van der Waals surface area contributed by atoms with Gasteiger partial charge in [0.2, 0.25) is 0 Å². The highest BCUT2D eigenvalue weighted by Gasteiger charge is 1.91. The van der Waals surface area contributed by atoms with Gasteiger partial charge in [-0.05, 0) is 13.0 Å². The third-order valence-corrected chi connectivity index (χ3v) is 1.68. The zero-order valence-corrected chi connectivity index (χ0v) is 12.9. The number of carbonyl (C=O) groups excluding carboxylic acids is 3. The molecule has 0 aliphatic carbocycles. The fourth-order valence-corrected chi connectivity index (χ4v) is 0.530. The Balaban J connectivity index is -0.0000000833. The minimum Gasteiger partial charge on any atom is -0.588 e. The van der Waals surface area contributed by atoms with Crippen molar-refractivity contribution in [2.75, 3.05) is 0 Å². The van der Waals surface area contributed by atoms with Crippen LogP contribution < -0.4 is 5.26 Å². The zero-order chi connectivity index (χ0) is 15.9. The molecule has 19 heavy (non-hydrogen) atoms. The van der Waals surface area contributed by atoms with Crippen molar-refractivity contribution in [1.82, 2.24) is 0 Å². The summed E-state index contributed by atoms with van der Waals surface area (Å²) in [4.78, 5) is 29.1. The molecule has 0 saturated heterocycles. The van der Waals surface area contributed by atoms with Crippen LogP contribution in [0.2, 0.25) is 0 Å². The van der Waals surface area contributed by atoms with E-state index in [-0.39, 0.29) is 6.15 Å². The van der Waals surface area contributed by atoms with Crippen LogP contribution >= 0.6 is 0 Å². The first kappa shape index (κ1) is 26.5. The van der Waals surface area contributed by atoms with Crippen molar-refractivity contribution in [2.24, 2.45) is 0 Å². The number of hydrogen-bond donors (Lipinski definition) is 0. The van der Waals surface area contributed by atoms with Crippen molar-refractivity contribution in [2.45, 2.75) is 73.1 Å². The van der Waals surface area contributed by atoms with Crippen molar-refractivity contribution in [1.29, 1.82) is 0 Å². The second-order valence-electron chi connectivity index (χ2n) is 3.42. The molecule has 5 nitrogen and oxygen atoms in total. The summed E-state index contributed by atoms with van der Waals surface area (Å²) < 4.78 is 0. The minimum absolute atomic E-state index is 0.250. The Bertz CT molecular complexity index is 171. The predicted molar refractivity (Wildman–Crippen MR) is 73.0 cm³/mol. The summed E-state index contributed by atoms with van der Waals surface area (Å²) in [5, 5.41) is 9.10. The predicted octanol–water partition coefficient (Wildman–Crippen LogP) is 2.92. The molecule has 0 aromatic carbocycles. The second-order valence-corrected chi connectivity index (χ2v) is 3.42. The molecular weight excluding hydrogens is 248 g/mol. The van der Waals surface area contributed by atoms with E-state index in [4.69, 9.17) is 14.8 Å². The monoisotopic (exact) mass is 277 g/mol. The van der Waals surface area contributed by atoms with Crippen LogP contribution in [-0.4, -0.2) is 16.8 Å². The Morgan fingerprint density at radius 2 is 1.47 bits per heavy atom. The lowest BCUT2D eigenvalue weighted by molar-refractivity contribution is -0.761. The van der Waals surface area contributed by atoms with E-state index in [0.717, 1.165) is 19.3 Å². The maximum Gasteiger partial charge on any atom is 0.373 e. The maximum atomic E-state index is 10.4. The molecule has 1 N–H and O–H groups in total. The van der Waals surface area contributed by atoms with E-state index in [2.05, 4.69) is 18.7 Å². The third-order valence-electron chi connectivity index (χ3n) is 1.68. The summed E-state index contributed by atoms with van der Waals surface area (Å²) >= 11 is 0. The molecule has 0 saturated carbocycles. The summed E-state index contributed by atoms with van der Waals surface area (Å²) in [7, 11) is 0. The molecule has 116 valence electrons. The summed E-state index contributed by atoms with van der Waals surface area (Å²) in [6.07, 6.45) is 6.08. The highest BCUT2D eigenvalue weighted by molar-refractivity contribution is 5.77. The van der Waals surface area contributed by atoms with Gasteiger partial charge in [0.05, 0.1) is 0 Å². The Kier molecular flexibility index (Phi) is 50.2. The molecule has 0 unspecified atom stereocenters. The van der Waals surface area contributed by atoms with Gasteiger partial charge in [-0.1, -0.05) is 47.5 Å². The van der Waals surface area contributed by atoms with Gasteiger partial charge >= 0.3 is 6.15 Å². The summed E-state index contributed by atoms with van der Waals surface area (Å²) in [6, 6.07) is 0. The number of hydrogen-bond acceptors (Lipinski definition) is 4. The molecule has 5 heteroatoms. The number of Topliss-reactive ketones (excluding diaryl/α,β-unsaturated/α-hetero) is 1.